The maximum Gasteiger partial charge on any atom is 0.435 e. The van der Waals surface area contributed by atoms with E-state index >= 15 is 0 Å². The summed E-state index contributed by atoms with van der Waals surface area (Å²) in [6.07, 6.45) is -3.47. The number of carbonyl (C=O) groups is 1. The van der Waals surface area contributed by atoms with Crippen LogP contribution in [0.4, 0.5) is 13.2 Å². The third-order valence-electron chi connectivity index (χ3n) is 4.54. The van der Waals surface area contributed by atoms with Crippen LogP contribution in [0.2, 0.25) is 10.0 Å². The monoisotopic (exact) mass is 476 g/mol. The fourth-order valence-electron chi connectivity index (χ4n) is 3.09. The Morgan fingerprint density at radius 3 is 2.57 bits per heavy atom. The highest BCUT2D eigenvalue weighted by molar-refractivity contribution is 7.99. The number of carbonyl (C=O) groups excluding carboxylic acids is 1. The van der Waals surface area contributed by atoms with Crippen molar-refractivity contribution in [3.05, 3.63) is 69.2 Å². The standard InChI is InChI=1S/C20H17Cl2F3N2O2S/c1-30-11-18(28)26-10-12-3-2-4-13(5-12)17-9-19(29-27-17,20(23,24)25)14-6-15(21)8-16(22)7-14/h2-8H,9-11H2,1H3,(H,26,28). The fourth-order valence-corrected chi connectivity index (χ4v) is 3.98. The lowest BCUT2D eigenvalue weighted by molar-refractivity contribution is -0.275. The molecular weight excluding hydrogens is 460 g/mol. The van der Waals surface area contributed by atoms with Gasteiger partial charge in [0.05, 0.1) is 11.5 Å². The molecule has 0 saturated heterocycles. The Hall–Kier alpha value is -1.90. The fraction of sp³-hybridized carbons (Fsp3) is 0.300. The molecule has 1 unspecified atom stereocenters. The number of halogens is 5. The number of nitrogens with one attached hydrogen (secondary N) is 1. The third-order valence-corrected chi connectivity index (χ3v) is 5.53. The number of alkyl halides is 3. The molecule has 0 aliphatic carbocycles. The van der Waals surface area contributed by atoms with Gasteiger partial charge in [-0.2, -0.15) is 24.9 Å². The first-order chi connectivity index (χ1) is 14.1. The van der Waals surface area contributed by atoms with Crippen molar-refractivity contribution in [1.29, 1.82) is 0 Å². The van der Waals surface area contributed by atoms with Gasteiger partial charge in [0, 0.05) is 28.6 Å². The number of nitrogens with zero attached hydrogens (tertiary/aromatic N) is 1. The van der Waals surface area contributed by atoms with Crippen LogP contribution in [0, 0.1) is 0 Å². The minimum atomic E-state index is -4.75. The van der Waals surface area contributed by atoms with Crippen molar-refractivity contribution in [1.82, 2.24) is 5.32 Å². The molecular formula is C20H17Cl2F3N2O2S. The Morgan fingerprint density at radius 2 is 1.93 bits per heavy atom. The van der Waals surface area contributed by atoms with Crippen molar-refractivity contribution in [2.75, 3.05) is 12.0 Å². The van der Waals surface area contributed by atoms with E-state index in [2.05, 4.69) is 10.5 Å². The summed E-state index contributed by atoms with van der Waals surface area (Å²) in [7, 11) is 0. The molecule has 2 aromatic carbocycles. The molecule has 2 aromatic rings. The molecule has 0 fully saturated rings. The van der Waals surface area contributed by atoms with E-state index in [1.807, 2.05) is 6.26 Å². The summed E-state index contributed by atoms with van der Waals surface area (Å²) < 4.78 is 42.2. The second-order valence-corrected chi connectivity index (χ2v) is 8.44. The summed E-state index contributed by atoms with van der Waals surface area (Å²) in [4.78, 5) is 16.7. The van der Waals surface area contributed by atoms with E-state index in [-0.39, 0.29) is 33.8 Å². The van der Waals surface area contributed by atoms with Crippen molar-refractivity contribution in [2.24, 2.45) is 5.16 Å². The first kappa shape index (κ1) is 22.8. The normalized spacial score (nSPS) is 18.7. The third kappa shape index (κ3) is 4.87. The van der Waals surface area contributed by atoms with E-state index in [4.69, 9.17) is 28.0 Å². The number of amides is 1. The topological polar surface area (TPSA) is 50.7 Å². The Labute approximate surface area is 185 Å². The highest BCUT2D eigenvalue weighted by Crippen LogP contribution is 2.49. The van der Waals surface area contributed by atoms with E-state index in [1.165, 1.54) is 30.0 Å². The quantitative estimate of drug-likeness (QED) is 0.593. The number of hydrogen-bond acceptors (Lipinski definition) is 4. The largest absolute Gasteiger partial charge is 0.435 e. The highest BCUT2D eigenvalue weighted by atomic mass is 35.5. The zero-order valence-electron chi connectivity index (χ0n) is 15.7. The van der Waals surface area contributed by atoms with Crippen LogP contribution in [0.25, 0.3) is 0 Å². The van der Waals surface area contributed by atoms with Gasteiger partial charge in [-0.1, -0.05) is 46.6 Å². The number of benzene rings is 2. The van der Waals surface area contributed by atoms with Gasteiger partial charge in [0.15, 0.2) is 0 Å². The maximum absolute atomic E-state index is 14.1. The Kier molecular flexibility index (Phi) is 6.89. The second kappa shape index (κ2) is 9.08. The number of rotatable bonds is 6. The van der Waals surface area contributed by atoms with Crippen LogP contribution in [-0.2, 0) is 21.8 Å². The van der Waals surface area contributed by atoms with Crippen molar-refractivity contribution >= 4 is 46.6 Å². The average Bonchev–Trinajstić information content (AvgIpc) is 3.13. The molecule has 0 saturated carbocycles. The van der Waals surface area contributed by atoms with Crippen molar-refractivity contribution < 1.29 is 22.8 Å². The minimum absolute atomic E-state index is 0.0705. The second-order valence-electron chi connectivity index (χ2n) is 6.70. The zero-order valence-corrected chi connectivity index (χ0v) is 18.1. The van der Waals surface area contributed by atoms with Crippen LogP contribution in [0.15, 0.2) is 47.6 Å². The molecule has 1 atom stereocenters. The molecule has 0 radical (unpaired) electrons. The van der Waals surface area contributed by atoms with Crippen molar-refractivity contribution in [3.63, 3.8) is 0 Å². The van der Waals surface area contributed by atoms with Crippen molar-refractivity contribution in [2.45, 2.75) is 24.7 Å². The molecule has 4 nitrogen and oxygen atoms in total. The number of hydrogen-bond donors (Lipinski definition) is 1. The van der Waals surface area contributed by atoms with Gasteiger partial charge >= 0.3 is 6.18 Å². The lowest BCUT2D eigenvalue weighted by Crippen LogP contribution is -2.42. The summed E-state index contributed by atoms with van der Waals surface area (Å²) in [6, 6.07) is 10.5. The summed E-state index contributed by atoms with van der Waals surface area (Å²) in [5.41, 5.74) is -1.54. The van der Waals surface area contributed by atoms with E-state index < -0.39 is 18.2 Å². The van der Waals surface area contributed by atoms with E-state index in [9.17, 15) is 18.0 Å². The molecule has 10 heteroatoms. The van der Waals surface area contributed by atoms with Crippen LogP contribution < -0.4 is 5.32 Å². The SMILES string of the molecule is CSCC(=O)NCc1cccc(C2=NOC(c3cc(Cl)cc(Cl)c3)(C(F)(F)F)C2)c1. The molecule has 1 heterocycles. The van der Waals surface area contributed by atoms with E-state index in [0.717, 1.165) is 5.56 Å². The van der Waals surface area contributed by atoms with Crippen LogP contribution in [0.5, 0.6) is 0 Å². The molecule has 160 valence electrons. The van der Waals surface area contributed by atoms with Gasteiger partial charge in [-0.05, 0) is 41.6 Å². The van der Waals surface area contributed by atoms with Crippen LogP contribution >= 0.6 is 35.0 Å². The van der Waals surface area contributed by atoms with E-state index in [0.29, 0.717) is 11.3 Å². The Bertz CT molecular complexity index is 965. The van der Waals surface area contributed by atoms with Crippen molar-refractivity contribution in [3.8, 4) is 0 Å². The molecule has 1 aliphatic rings. The van der Waals surface area contributed by atoms with Crippen LogP contribution in [0.3, 0.4) is 0 Å². The van der Waals surface area contributed by atoms with Gasteiger partial charge in [0.25, 0.3) is 5.60 Å². The molecule has 0 spiro atoms. The van der Waals surface area contributed by atoms with Gasteiger partial charge in [0.1, 0.15) is 0 Å². The Morgan fingerprint density at radius 1 is 1.23 bits per heavy atom. The van der Waals surface area contributed by atoms with Gasteiger partial charge in [-0.15, -0.1) is 0 Å². The molecule has 1 aliphatic heterocycles. The number of thioether (sulfide) groups is 1. The van der Waals surface area contributed by atoms with Gasteiger partial charge in [-0.3, -0.25) is 4.79 Å². The highest BCUT2D eigenvalue weighted by Gasteiger charge is 2.62. The average molecular weight is 477 g/mol. The first-order valence-corrected chi connectivity index (χ1v) is 10.9. The minimum Gasteiger partial charge on any atom is -0.374 e. The maximum atomic E-state index is 14.1. The summed E-state index contributed by atoms with van der Waals surface area (Å²) in [6.45, 7) is 0.260. The predicted octanol–water partition coefficient (Wildman–Crippen LogP) is 5.55. The van der Waals surface area contributed by atoms with Gasteiger partial charge < -0.3 is 10.2 Å². The molecule has 1 N–H and O–H groups in total. The number of oxime groups is 1. The zero-order chi connectivity index (χ0) is 21.9. The smallest absolute Gasteiger partial charge is 0.374 e. The first-order valence-electron chi connectivity index (χ1n) is 8.78. The van der Waals surface area contributed by atoms with Gasteiger partial charge in [-0.25, -0.2) is 0 Å². The molecule has 30 heavy (non-hydrogen) atoms. The Balaban J connectivity index is 1.86. The van der Waals surface area contributed by atoms with Crippen LogP contribution in [-0.4, -0.2) is 29.8 Å². The lowest BCUT2D eigenvalue weighted by atomic mass is 9.86. The molecule has 1 amide bonds. The molecule has 0 bridgehead atoms. The molecule has 3 rings (SSSR count). The van der Waals surface area contributed by atoms with E-state index in [1.54, 1.807) is 24.3 Å². The predicted molar refractivity (Wildman–Crippen MR) is 113 cm³/mol. The summed E-state index contributed by atoms with van der Waals surface area (Å²) in [5.74, 6) is 0.208. The van der Waals surface area contributed by atoms with Crippen LogP contribution in [0.1, 0.15) is 23.1 Å². The molecule has 0 aromatic heterocycles. The van der Waals surface area contributed by atoms with Gasteiger partial charge in [0.2, 0.25) is 5.91 Å². The lowest BCUT2D eigenvalue weighted by Gasteiger charge is -2.29. The summed E-state index contributed by atoms with van der Waals surface area (Å²) >= 11 is 13.2. The summed E-state index contributed by atoms with van der Waals surface area (Å²) in [5, 5.41) is 6.64.